The van der Waals surface area contributed by atoms with Crippen LogP contribution >= 0.6 is 27.3 Å². The number of hydrogen-bond acceptors (Lipinski definition) is 3. The second-order valence-corrected chi connectivity index (χ2v) is 5.36. The van der Waals surface area contributed by atoms with Crippen LogP contribution in [0.5, 0.6) is 0 Å². The molecule has 1 atom stereocenters. The van der Waals surface area contributed by atoms with E-state index >= 15 is 0 Å². The molecular formula is C12H13BrN2S. The molecule has 0 bridgehead atoms. The first-order valence-corrected chi connectivity index (χ1v) is 6.81. The summed E-state index contributed by atoms with van der Waals surface area (Å²) in [6, 6.07) is 10.6. The van der Waals surface area contributed by atoms with Crippen molar-refractivity contribution in [2.45, 2.75) is 19.5 Å². The third-order valence-corrected chi connectivity index (χ3v) is 3.83. The Kier molecular flexibility index (Phi) is 4.09. The lowest BCUT2D eigenvalue weighted by Crippen LogP contribution is -2.17. The van der Waals surface area contributed by atoms with Crippen molar-refractivity contribution in [1.29, 1.82) is 0 Å². The molecule has 0 spiro atoms. The number of halogens is 1. The number of thiophene rings is 1. The van der Waals surface area contributed by atoms with Crippen molar-refractivity contribution >= 4 is 27.3 Å². The van der Waals surface area contributed by atoms with Crippen LogP contribution in [0, 0.1) is 0 Å². The number of nitrogens with zero attached hydrogens (tertiary/aromatic N) is 1. The maximum atomic E-state index is 4.38. The molecule has 2 heterocycles. The highest BCUT2D eigenvalue weighted by Crippen LogP contribution is 2.18. The zero-order chi connectivity index (χ0) is 11.4. The largest absolute Gasteiger partial charge is 0.304 e. The smallest absolute Gasteiger partial charge is 0.106 e. The molecule has 2 nitrogen and oxygen atoms in total. The molecule has 16 heavy (non-hydrogen) atoms. The summed E-state index contributed by atoms with van der Waals surface area (Å²) in [4.78, 5) is 5.74. The van der Waals surface area contributed by atoms with Crippen molar-refractivity contribution in [3.63, 3.8) is 0 Å². The molecule has 2 aromatic heterocycles. The predicted molar refractivity (Wildman–Crippen MR) is 71.5 cm³/mol. The van der Waals surface area contributed by atoms with Gasteiger partial charge < -0.3 is 5.32 Å². The Morgan fingerprint density at radius 2 is 2.25 bits per heavy atom. The Labute approximate surface area is 108 Å². The fourth-order valence-electron chi connectivity index (χ4n) is 1.44. The zero-order valence-electron chi connectivity index (χ0n) is 8.98. The molecule has 4 heteroatoms. The van der Waals surface area contributed by atoms with Crippen molar-refractivity contribution in [1.82, 2.24) is 10.3 Å². The third-order valence-electron chi connectivity index (χ3n) is 2.33. The molecule has 0 aliphatic carbocycles. The molecule has 2 rings (SSSR count). The molecular weight excluding hydrogens is 284 g/mol. The number of nitrogens with one attached hydrogen (secondary N) is 1. The van der Waals surface area contributed by atoms with Crippen LogP contribution in [0.25, 0.3) is 0 Å². The molecule has 1 N–H and O–H groups in total. The second-order valence-electron chi connectivity index (χ2n) is 3.57. The van der Waals surface area contributed by atoms with Crippen molar-refractivity contribution in [2.24, 2.45) is 0 Å². The summed E-state index contributed by atoms with van der Waals surface area (Å²) in [6.45, 7) is 2.96. The lowest BCUT2D eigenvalue weighted by molar-refractivity contribution is 0.575. The van der Waals surface area contributed by atoms with Crippen molar-refractivity contribution in [3.8, 4) is 0 Å². The molecule has 0 aliphatic rings. The van der Waals surface area contributed by atoms with Gasteiger partial charge in [0.25, 0.3) is 0 Å². The average Bonchev–Trinajstić information content (AvgIpc) is 2.79. The summed E-state index contributed by atoms with van der Waals surface area (Å²) >= 11 is 5.15. The van der Waals surface area contributed by atoms with Crippen LogP contribution in [0.4, 0.5) is 0 Å². The minimum Gasteiger partial charge on any atom is -0.304 e. The van der Waals surface area contributed by atoms with Crippen LogP contribution in [0.1, 0.15) is 23.5 Å². The van der Waals surface area contributed by atoms with E-state index in [9.17, 15) is 0 Å². The van der Waals surface area contributed by atoms with Gasteiger partial charge in [0.05, 0.1) is 5.69 Å². The predicted octanol–water partition coefficient (Wildman–Crippen LogP) is 3.76. The maximum absolute atomic E-state index is 4.38. The van der Waals surface area contributed by atoms with E-state index in [4.69, 9.17) is 0 Å². The molecule has 0 amide bonds. The molecule has 0 fully saturated rings. The van der Waals surface area contributed by atoms with Crippen LogP contribution in [0.2, 0.25) is 0 Å². The molecule has 0 unspecified atom stereocenters. The quantitative estimate of drug-likeness (QED) is 0.869. The Balaban J connectivity index is 1.92. The Morgan fingerprint density at radius 3 is 2.94 bits per heavy atom. The van der Waals surface area contributed by atoms with Crippen molar-refractivity contribution in [2.75, 3.05) is 0 Å². The van der Waals surface area contributed by atoms with Crippen LogP contribution in [-0.4, -0.2) is 4.98 Å². The maximum Gasteiger partial charge on any atom is 0.106 e. The lowest BCUT2D eigenvalue weighted by Gasteiger charge is -2.11. The van der Waals surface area contributed by atoms with E-state index in [2.05, 4.69) is 50.7 Å². The standard InChI is InChI=1S/C12H13BrN2S/c1-9(11-5-3-7-16-11)14-8-10-4-2-6-12(13)15-10/h2-7,9,14H,8H2,1H3/t9-/m0/s1. The molecule has 0 saturated carbocycles. The normalized spacial score (nSPS) is 12.6. The van der Waals surface area contributed by atoms with E-state index in [1.165, 1.54) is 4.88 Å². The number of pyridine rings is 1. The van der Waals surface area contributed by atoms with Gasteiger partial charge in [-0.15, -0.1) is 11.3 Å². The third kappa shape index (κ3) is 3.14. The monoisotopic (exact) mass is 296 g/mol. The molecule has 0 saturated heterocycles. The van der Waals surface area contributed by atoms with E-state index in [0.29, 0.717) is 6.04 Å². The Bertz CT molecular complexity index is 442. The zero-order valence-corrected chi connectivity index (χ0v) is 11.4. The van der Waals surface area contributed by atoms with Gasteiger partial charge in [0.2, 0.25) is 0 Å². The molecule has 2 aromatic rings. The second kappa shape index (κ2) is 5.57. The summed E-state index contributed by atoms with van der Waals surface area (Å²) in [6.07, 6.45) is 0. The van der Waals surface area contributed by atoms with E-state index in [-0.39, 0.29) is 0 Å². The van der Waals surface area contributed by atoms with Gasteiger partial charge >= 0.3 is 0 Å². The van der Waals surface area contributed by atoms with Gasteiger partial charge in [0.15, 0.2) is 0 Å². The summed E-state index contributed by atoms with van der Waals surface area (Å²) in [5.74, 6) is 0. The van der Waals surface area contributed by atoms with Crippen LogP contribution < -0.4 is 5.32 Å². The first-order valence-electron chi connectivity index (χ1n) is 5.14. The minimum absolute atomic E-state index is 0.376. The summed E-state index contributed by atoms with van der Waals surface area (Å²) in [7, 11) is 0. The van der Waals surface area contributed by atoms with Crippen LogP contribution in [0.15, 0.2) is 40.3 Å². The molecule has 0 radical (unpaired) electrons. The molecule has 0 aliphatic heterocycles. The van der Waals surface area contributed by atoms with E-state index < -0.39 is 0 Å². The fraction of sp³-hybridized carbons (Fsp3) is 0.250. The van der Waals surface area contributed by atoms with Gasteiger partial charge in [0, 0.05) is 17.5 Å². The lowest BCUT2D eigenvalue weighted by atomic mass is 10.2. The summed E-state index contributed by atoms with van der Waals surface area (Å²) in [5, 5.41) is 5.56. The summed E-state index contributed by atoms with van der Waals surface area (Å²) in [5.41, 5.74) is 1.05. The Morgan fingerprint density at radius 1 is 1.38 bits per heavy atom. The highest BCUT2D eigenvalue weighted by atomic mass is 79.9. The van der Waals surface area contributed by atoms with Gasteiger partial charge in [-0.2, -0.15) is 0 Å². The molecule has 0 aromatic carbocycles. The van der Waals surface area contributed by atoms with Crippen molar-refractivity contribution < 1.29 is 0 Å². The van der Waals surface area contributed by atoms with Gasteiger partial charge in [-0.25, -0.2) is 4.98 Å². The van der Waals surface area contributed by atoms with Crippen LogP contribution in [0.3, 0.4) is 0 Å². The summed E-state index contributed by atoms with van der Waals surface area (Å²) < 4.78 is 0.885. The average molecular weight is 297 g/mol. The van der Waals surface area contributed by atoms with Gasteiger partial charge in [-0.05, 0) is 46.4 Å². The number of rotatable bonds is 4. The van der Waals surface area contributed by atoms with E-state index in [0.717, 1.165) is 16.8 Å². The van der Waals surface area contributed by atoms with E-state index in [1.807, 2.05) is 18.2 Å². The van der Waals surface area contributed by atoms with Gasteiger partial charge in [-0.1, -0.05) is 12.1 Å². The first-order chi connectivity index (χ1) is 7.75. The number of aromatic nitrogens is 1. The van der Waals surface area contributed by atoms with Gasteiger partial charge in [0.1, 0.15) is 4.60 Å². The van der Waals surface area contributed by atoms with E-state index in [1.54, 1.807) is 11.3 Å². The van der Waals surface area contributed by atoms with Crippen molar-refractivity contribution in [3.05, 3.63) is 50.9 Å². The Hall–Kier alpha value is -0.710. The number of hydrogen-bond donors (Lipinski definition) is 1. The molecule has 84 valence electrons. The highest BCUT2D eigenvalue weighted by molar-refractivity contribution is 9.10. The SMILES string of the molecule is C[C@H](NCc1cccc(Br)n1)c1cccs1. The van der Waals surface area contributed by atoms with Crippen LogP contribution in [-0.2, 0) is 6.54 Å². The first kappa shape index (κ1) is 11.8. The van der Waals surface area contributed by atoms with Gasteiger partial charge in [-0.3, -0.25) is 0 Å². The topological polar surface area (TPSA) is 24.9 Å². The fourth-order valence-corrected chi connectivity index (χ4v) is 2.58. The highest BCUT2D eigenvalue weighted by Gasteiger charge is 2.05. The minimum atomic E-state index is 0.376.